The predicted molar refractivity (Wildman–Crippen MR) is 87.9 cm³/mol. The van der Waals surface area contributed by atoms with Crippen molar-refractivity contribution in [2.75, 3.05) is 0 Å². The highest BCUT2D eigenvalue weighted by Crippen LogP contribution is 2.30. The van der Waals surface area contributed by atoms with Gasteiger partial charge in [-0.05, 0) is 43.0 Å². The Kier molecular flexibility index (Phi) is 5.52. The van der Waals surface area contributed by atoms with Crippen LogP contribution < -0.4 is 11.1 Å². The zero-order chi connectivity index (χ0) is 18.8. The normalized spacial score (nSPS) is 11.6. The quantitative estimate of drug-likeness (QED) is 0.867. The number of nitrogens with one attached hydrogen (secondary N) is 1. The largest absolute Gasteiger partial charge is 0.435 e. The molecule has 8 heteroatoms. The number of nitrogens with two attached hydrogens (primary N) is 1. The van der Waals surface area contributed by atoms with E-state index < -0.39 is 23.3 Å². The highest BCUT2D eigenvalue weighted by molar-refractivity contribution is 5.95. The Hall–Kier alpha value is -2.35. The van der Waals surface area contributed by atoms with E-state index >= 15 is 0 Å². The van der Waals surface area contributed by atoms with Crippen LogP contribution in [0, 0.1) is 13.8 Å². The Morgan fingerprint density at radius 3 is 2.36 bits per heavy atom. The van der Waals surface area contributed by atoms with Gasteiger partial charge in [0.15, 0.2) is 5.69 Å². The van der Waals surface area contributed by atoms with Gasteiger partial charge in [0.2, 0.25) is 0 Å². The fraction of sp³-hybridized carbons (Fsp3) is 0.412. The van der Waals surface area contributed by atoms with Gasteiger partial charge in [-0.2, -0.15) is 18.3 Å². The molecule has 0 bridgehead atoms. The number of hydrogen-bond acceptors (Lipinski definition) is 3. The van der Waals surface area contributed by atoms with Gasteiger partial charge >= 0.3 is 6.18 Å². The zero-order valence-electron chi connectivity index (χ0n) is 14.4. The minimum atomic E-state index is -4.68. The number of benzene rings is 1. The van der Waals surface area contributed by atoms with Crippen molar-refractivity contribution in [1.29, 1.82) is 0 Å². The van der Waals surface area contributed by atoms with E-state index in [0.717, 1.165) is 33.1 Å². The molecule has 1 aromatic heterocycles. The van der Waals surface area contributed by atoms with Crippen LogP contribution in [0.4, 0.5) is 13.2 Å². The number of nitrogens with zero attached hydrogens (tertiary/aromatic N) is 2. The molecule has 0 aliphatic rings. The predicted octanol–water partition coefficient (Wildman–Crippen LogP) is 2.93. The number of alkyl halides is 3. The van der Waals surface area contributed by atoms with Crippen LogP contribution in [0.5, 0.6) is 0 Å². The smallest absolute Gasteiger partial charge is 0.348 e. The maximum Gasteiger partial charge on any atom is 0.435 e. The molecule has 3 N–H and O–H groups in total. The summed E-state index contributed by atoms with van der Waals surface area (Å²) in [7, 11) is 0. The first kappa shape index (κ1) is 19.0. The average molecular weight is 354 g/mol. The second-order valence-corrected chi connectivity index (χ2v) is 5.84. The van der Waals surface area contributed by atoms with E-state index in [1.54, 1.807) is 6.92 Å². The van der Waals surface area contributed by atoms with E-state index in [1.807, 2.05) is 26.0 Å². The third-order valence-electron chi connectivity index (χ3n) is 4.02. The van der Waals surface area contributed by atoms with Crippen LogP contribution in [0.25, 0.3) is 0 Å². The highest BCUT2D eigenvalue weighted by Gasteiger charge is 2.39. The van der Waals surface area contributed by atoms with E-state index in [1.165, 1.54) is 0 Å². The van der Waals surface area contributed by atoms with Crippen molar-refractivity contribution in [1.82, 2.24) is 15.1 Å². The number of amides is 1. The van der Waals surface area contributed by atoms with Crippen molar-refractivity contribution in [3.63, 3.8) is 0 Å². The summed E-state index contributed by atoms with van der Waals surface area (Å²) < 4.78 is 40.3. The lowest BCUT2D eigenvalue weighted by Crippen LogP contribution is -2.26. The third kappa shape index (κ3) is 4.19. The molecule has 0 aliphatic heterocycles. The molecule has 0 atom stereocenters. The molecule has 0 saturated carbocycles. The second-order valence-electron chi connectivity index (χ2n) is 5.84. The van der Waals surface area contributed by atoms with Gasteiger partial charge in [0.25, 0.3) is 5.91 Å². The van der Waals surface area contributed by atoms with E-state index in [9.17, 15) is 18.0 Å². The number of hydrogen-bond donors (Lipinski definition) is 2. The topological polar surface area (TPSA) is 72.9 Å². The van der Waals surface area contributed by atoms with Crippen LogP contribution in [0.1, 0.15) is 45.2 Å². The number of halogens is 3. The first-order chi connectivity index (χ1) is 11.7. The van der Waals surface area contributed by atoms with Crippen molar-refractivity contribution in [2.24, 2.45) is 5.73 Å². The average Bonchev–Trinajstić information content (AvgIpc) is 2.98. The fourth-order valence-electron chi connectivity index (χ4n) is 2.70. The van der Waals surface area contributed by atoms with Crippen LogP contribution in [-0.4, -0.2) is 15.7 Å². The highest BCUT2D eigenvalue weighted by atomic mass is 19.4. The Morgan fingerprint density at radius 2 is 1.88 bits per heavy atom. The Morgan fingerprint density at radius 1 is 1.28 bits per heavy atom. The van der Waals surface area contributed by atoms with Gasteiger partial charge in [0.1, 0.15) is 0 Å². The van der Waals surface area contributed by atoms with E-state index in [-0.39, 0.29) is 13.1 Å². The summed E-state index contributed by atoms with van der Waals surface area (Å²) in [6.45, 7) is 6.19. The van der Waals surface area contributed by atoms with Gasteiger partial charge in [-0.3, -0.25) is 9.48 Å². The lowest BCUT2D eigenvalue weighted by atomic mass is 9.99. The van der Waals surface area contributed by atoms with Crippen molar-refractivity contribution in [3.8, 4) is 0 Å². The molecular formula is C17H21F3N4O. The number of carbonyl (C=O) groups excluding carboxylic acids is 1. The van der Waals surface area contributed by atoms with Crippen LogP contribution >= 0.6 is 0 Å². The van der Waals surface area contributed by atoms with Gasteiger partial charge in [-0.1, -0.05) is 12.1 Å². The molecule has 136 valence electrons. The summed E-state index contributed by atoms with van der Waals surface area (Å²) >= 11 is 0. The Balaban J connectivity index is 2.23. The number of aromatic nitrogens is 2. The first-order valence-corrected chi connectivity index (χ1v) is 7.89. The fourth-order valence-corrected chi connectivity index (χ4v) is 2.70. The van der Waals surface area contributed by atoms with Crippen molar-refractivity contribution >= 4 is 5.91 Å². The SMILES string of the molecule is CCn1cc(C(=O)NCc2c(C)cc(CN)cc2C)c(C(F)(F)F)n1. The lowest BCUT2D eigenvalue weighted by molar-refractivity contribution is -0.141. The molecule has 0 spiro atoms. The lowest BCUT2D eigenvalue weighted by Gasteiger charge is -2.13. The first-order valence-electron chi connectivity index (χ1n) is 7.89. The van der Waals surface area contributed by atoms with E-state index in [0.29, 0.717) is 6.54 Å². The minimum Gasteiger partial charge on any atom is -0.348 e. The van der Waals surface area contributed by atoms with Gasteiger partial charge in [-0.15, -0.1) is 0 Å². The summed E-state index contributed by atoms with van der Waals surface area (Å²) in [5, 5.41) is 6.01. The Labute approximate surface area is 144 Å². The van der Waals surface area contributed by atoms with Crippen molar-refractivity contribution < 1.29 is 18.0 Å². The zero-order valence-corrected chi connectivity index (χ0v) is 14.4. The molecule has 0 saturated heterocycles. The van der Waals surface area contributed by atoms with Crippen LogP contribution in [0.3, 0.4) is 0 Å². The molecule has 0 aliphatic carbocycles. The second kappa shape index (κ2) is 7.26. The monoisotopic (exact) mass is 354 g/mol. The van der Waals surface area contributed by atoms with Gasteiger partial charge in [-0.25, -0.2) is 0 Å². The van der Waals surface area contributed by atoms with Crippen LogP contribution in [0.2, 0.25) is 0 Å². The molecule has 1 aromatic carbocycles. The molecule has 25 heavy (non-hydrogen) atoms. The summed E-state index contributed by atoms with van der Waals surface area (Å²) in [6.07, 6.45) is -3.56. The van der Waals surface area contributed by atoms with Gasteiger partial charge in [0.05, 0.1) is 5.56 Å². The number of aryl methyl sites for hydroxylation is 3. The van der Waals surface area contributed by atoms with Gasteiger partial charge < -0.3 is 11.1 Å². The Bertz CT molecular complexity index is 758. The number of carbonyl (C=O) groups is 1. The maximum absolute atomic E-state index is 13.1. The minimum absolute atomic E-state index is 0.135. The molecule has 1 amide bonds. The summed E-state index contributed by atoms with van der Waals surface area (Å²) in [5.41, 5.74) is 7.68. The molecule has 2 rings (SSSR count). The molecule has 5 nitrogen and oxygen atoms in total. The molecule has 0 fully saturated rings. The van der Waals surface area contributed by atoms with Crippen LogP contribution in [-0.2, 0) is 25.8 Å². The summed E-state index contributed by atoms with van der Waals surface area (Å²) in [4.78, 5) is 12.3. The van der Waals surface area contributed by atoms with Crippen molar-refractivity contribution in [2.45, 2.75) is 46.6 Å². The standard InChI is InChI=1S/C17H21F3N4O/c1-4-24-9-14(15(23-24)17(18,19)20)16(25)22-8-13-10(2)5-12(7-21)6-11(13)3/h5-6,9H,4,7-8,21H2,1-3H3,(H,22,25). The number of rotatable bonds is 5. The van der Waals surface area contributed by atoms with Gasteiger partial charge in [0, 0.05) is 25.8 Å². The molecule has 0 unspecified atom stereocenters. The molecular weight excluding hydrogens is 333 g/mol. The summed E-state index contributed by atoms with van der Waals surface area (Å²) in [5.74, 6) is -0.797. The van der Waals surface area contributed by atoms with Crippen molar-refractivity contribution in [3.05, 3.63) is 51.8 Å². The maximum atomic E-state index is 13.1. The third-order valence-corrected chi connectivity index (χ3v) is 4.02. The van der Waals surface area contributed by atoms with Crippen LogP contribution in [0.15, 0.2) is 18.3 Å². The van der Waals surface area contributed by atoms with E-state index in [2.05, 4.69) is 10.4 Å². The van der Waals surface area contributed by atoms with E-state index in [4.69, 9.17) is 5.73 Å². The molecule has 0 radical (unpaired) electrons. The summed E-state index contributed by atoms with van der Waals surface area (Å²) in [6, 6.07) is 3.81. The molecule has 2 aromatic rings. The molecule has 1 heterocycles.